The Labute approximate surface area is 127 Å². The van der Waals surface area contributed by atoms with Crippen LogP contribution in [0.5, 0.6) is 0 Å². The van der Waals surface area contributed by atoms with Crippen molar-refractivity contribution in [1.29, 1.82) is 0 Å². The number of rotatable bonds is 3. The van der Waals surface area contributed by atoms with E-state index in [4.69, 9.17) is 4.55 Å². The van der Waals surface area contributed by atoms with Crippen molar-refractivity contribution in [2.75, 3.05) is 0 Å². The van der Waals surface area contributed by atoms with Crippen molar-refractivity contribution in [2.24, 2.45) is 0 Å². The van der Waals surface area contributed by atoms with Crippen LogP contribution in [0.1, 0.15) is 20.7 Å². The first-order valence-electron chi connectivity index (χ1n) is 4.01. The van der Waals surface area contributed by atoms with Crippen molar-refractivity contribution in [1.82, 2.24) is 0 Å². The van der Waals surface area contributed by atoms with Gasteiger partial charge in [0.1, 0.15) is 0 Å². The third kappa shape index (κ3) is 3.77. The summed E-state index contributed by atoms with van der Waals surface area (Å²) in [4.78, 5) is 22.0. The van der Waals surface area contributed by atoms with E-state index in [1.165, 1.54) is 42.9 Å². The predicted molar refractivity (Wildman–Crippen MR) is 47.1 cm³/mol. The van der Waals surface area contributed by atoms with Crippen molar-refractivity contribution in [3.8, 4) is 0 Å². The average molecular weight is 638 g/mol. The molecule has 0 aliphatic carbocycles. The van der Waals surface area contributed by atoms with Crippen LogP contribution in [0.2, 0.25) is 0 Å². The molecule has 0 saturated carbocycles. The molecule has 0 amide bonds. The van der Waals surface area contributed by atoms with Crippen LogP contribution in [0.15, 0.2) is 23.1 Å². The van der Waals surface area contributed by atoms with Gasteiger partial charge in [0.25, 0.3) is 0 Å². The summed E-state index contributed by atoms with van der Waals surface area (Å²) in [7, 11) is -4.56. The van der Waals surface area contributed by atoms with Gasteiger partial charge >= 0.3 is 128 Å². The molecule has 106 valence electrons. The average Bonchev–Trinajstić information content (AvgIpc) is 2.35. The predicted octanol–water partition coefficient (Wildman–Crippen LogP) is 0.171. The van der Waals surface area contributed by atoms with Crippen LogP contribution < -0.4 is 0 Å². The monoisotopic (exact) mass is 638 g/mol. The molecule has 1 aromatic rings. The second-order valence-corrected chi connectivity index (χ2v) is 5.23. The summed E-state index contributed by atoms with van der Waals surface area (Å²) >= 11 is 2.98. The van der Waals surface area contributed by atoms with Crippen molar-refractivity contribution >= 4 is 22.1 Å². The van der Waals surface area contributed by atoms with E-state index in [1.807, 2.05) is 0 Å². The normalized spacial score (nSPS) is 10.9. The van der Waals surface area contributed by atoms with Gasteiger partial charge in [-0.3, -0.25) is 0 Å². The topological polar surface area (TPSA) is 107 Å². The van der Waals surface area contributed by atoms with E-state index in [0.717, 1.165) is 18.2 Å². The van der Waals surface area contributed by atoms with Crippen LogP contribution in [0, 0.1) is 0 Å². The van der Waals surface area contributed by atoms with E-state index in [-0.39, 0.29) is 11.1 Å². The Balaban J connectivity index is 3.48. The van der Waals surface area contributed by atoms with Crippen LogP contribution in [0.4, 0.5) is 0 Å². The van der Waals surface area contributed by atoms with Gasteiger partial charge in [0.15, 0.2) is 0 Å². The molecule has 0 fully saturated rings. The molecule has 0 atom stereocenters. The van der Waals surface area contributed by atoms with Crippen LogP contribution in [-0.4, -0.2) is 24.9 Å². The van der Waals surface area contributed by atoms with E-state index < -0.39 is 27.0 Å². The van der Waals surface area contributed by atoms with Crippen LogP contribution >= 0.6 is 0 Å². The Morgan fingerprint density at radius 3 is 1.67 bits per heavy atom. The van der Waals surface area contributed by atoms with E-state index in [2.05, 4.69) is 6.49 Å². The fourth-order valence-corrected chi connectivity index (χ4v) is 2.12. The van der Waals surface area contributed by atoms with Crippen molar-refractivity contribution in [3.05, 3.63) is 29.3 Å². The number of carbonyl (C=O) groups is 2. The summed E-state index contributed by atoms with van der Waals surface area (Å²) in [6.07, 6.45) is 0. The molecular formula is C8H4Au2O7S. The van der Waals surface area contributed by atoms with Gasteiger partial charge in [0.05, 0.1) is 0 Å². The van der Waals surface area contributed by atoms with Gasteiger partial charge in [0, 0.05) is 0 Å². The molecule has 1 N–H and O–H groups in total. The molecule has 7 nitrogen and oxygen atoms in total. The molecule has 0 aliphatic heterocycles. The summed E-state index contributed by atoms with van der Waals surface area (Å²) in [6, 6.07) is 2.85. The Kier molecular flexibility index (Phi) is 5.32. The number of carbonyl (C=O) groups excluding carboxylic acids is 2. The summed E-state index contributed by atoms with van der Waals surface area (Å²) in [5, 5.41) is 0. The Bertz CT molecular complexity index is 561. The third-order valence-corrected chi connectivity index (χ3v) is 3.42. The fourth-order valence-electron chi connectivity index (χ4n) is 1.05. The maximum atomic E-state index is 11.3. The van der Waals surface area contributed by atoms with Gasteiger partial charge in [-0.15, -0.1) is 0 Å². The van der Waals surface area contributed by atoms with Gasteiger partial charge in [-0.2, -0.15) is 0 Å². The van der Waals surface area contributed by atoms with Gasteiger partial charge < -0.3 is 0 Å². The molecule has 0 heterocycles. The molecule has 0 bridgehead atoms. The summed E-state index contributed by atoms with van der Waals surface area (Å²) in [6.45, 7) is 0. The van der Waals surface area contributed by atoms with Crippen molar-refractivity contribution in [3.63, 3.8) is 0 Å². The molecule has 0 saturated heterocycles. The minimum atomic E-state index is -4.56. The molecule has 1 rings (SSSR count). The molecule has 0 spiro atoms. The zero-order valence-corrected chi connectivity index (χ0v) is 13.3. The fraction of sp³-hybridized carbons (Fsp3) is 0. The molecule has 10 heteroatoms. The molecule has 1 aromatic carbocycles. The summed E-state index contributed by atoms with van der Waals surface area (Å²) in [5.41, 5.74) is -0.414. The summed E-state index contributed by atoms with van der Waals surface area (Å²) in [5.74, 6) is -1.74. The van der Waals surface area contributed by atoms with Gasteiger partial charge in [0.2, 0.25) is 0 Å². The summed E-state index contributed by atoms with van der Waals surface area (Å²) < 4.78 is 39.6. The van der Waals surface area contributed by atoms with Gasteiger partial charge in [-0.25, -0.2) is 0 Å². The zero-order valence-electron chi connectivity index (χ0n) is 8.14. The SMILES string of the molecule is O=C([O][Au])c1cc(C(=O)[O][Au])cc(S(=O)(=O)O)c1. The van der Waals surface area contributed by atoms with Gasteiger partial charge in [-0.05, 0) is 0 Å². The van der Waals surface area contributed by atoms with E-state index in [0.29, 0.717) is 0 Å². The molecule has 0 unspecified atom stereocenters. The third-order valence-electron chi connectivity index (χ3n) is 1.79. The van der Waals surface area contributed by atoms with Crippen LogP contribution in [0.25, 0.3) is 0 Å². The first kappa shape index (κ1) is 15.6. The maximum absolute atomic E-state index is 11.3. The number of hydrogen-bond acceptors (Lipinski definition) is 6. The van der Waals surface area contributed by atoms with E-state index >= 15 is 0 Å². The molecular weight excluding hydrogens is 634 g/mol. The Morgan fingerprint density at radius 1 is 1.00 bits per heavy atom. The number of hydrogen-bond donors (Lipinski definition) is 1. The molecule has 0 aliphatic rings. The van der Waals surface area contributed by atoms with E-state index in [1.54, 1.807) is 0 Å². The first-order valence-corrected chi connectivity index (χ1v) is 7.22. The quantitative estimate of drug-likeness (QED) is 0.372. The zero-order chi connectivity index (χ0) is 13.9. The van der Waals surface area contributed by atoms with E-state index in [9.17, 15) is 18.0 Å². The second kappa shape index (κ2) is 6.13. The van der Waals surface area contributed by atoms with Crippen molar-refractivity contribution in [2.45, 2.75) is 4.90 Å². The van der Waals surface area contributed by atoms with Gasteiger partial charge in [-0.1, -0.05) is 0 Å². The minimum absolute atomic E-state index is 0.207. The Morgan fingerprint density at radius 2 is 1.39 bits per heavy atom. The molecule has 0 radical (unpaired) electrons. The Hall–Kier alpha value is -0.449. The molecule has 18 heavy (non-hydrogen) atoms. The van der Waals surface area contributed by atoms with Crippen LogP contribution in [-0.2, 0) is 59.5 Å². The molecule has 0 aromatic heterocycles. The van der Waals surface area contributed by atoms with Crippen LogP contribution in [0.3, 0.4) is 0 Å². The standard InChI is InChI=1S/C8H6O7S.2Au/c9-7(10)4-1-5(8(11)12)3-6(2-4)16(13,14)15;;/h1-3H,(H,9,10)(H,11,12)(H,13,14,15);;/q;2*+1/p-2. The first-order chi connectivity index (χ1) is 8.29. The number of benzene rings is 1. The second-order valence-electron chi connectivity index (χ2n) is 2.92. The van der Waals surface area contributed by atoms with Crippen molar-refractivity contribution < 1.29 is 72.0 Å².